The second-order valence-corrected chi connectivity index (χ2v) is 6.76. The van der Waals surface area contributed by atoms with Gasteiger partial charge < -0.3 is 0 Å². The van der Waals surface area contributed by atoms with Gasteiger partial charge in [0, 0.05) is 0 Å². The normalized spacial score (nSPS) is 13.2. The molecular weight excluding hydrogens is 342 g/mol. The number of hydrogen-bond acceptors (Lipinski definition) is 4. The topological polar surface area (TPSA) is 118 Å². The fourth-order valence-electron chi connectivity index (χ4n) is 1.19. The predicted octanol–water partition coefficient (Wildman–Crippen LogP) is 0.282. The number of sulfonamides is 1. The molecule has 0 radical (unpaired) electrons. The summed E-state index contributed by atoms with van der Waals surface area (Å²) in [4.78, 5) is -0.790. The van der Waals surface area contributed by atoms with Gasteiger partial charge in [-0.1, -0.05) is 0 Å². The van der Waals surface area contributed by atoms with Crippen LogP contribution in [0.2, 0.25) is 0 Å². The average Bonchev–Trinajstić information content (AvgIpc) is 2.23. The Morgan fingerprint density at radius 1 is 1.14 bits per heavy atom. The zero-order valence-electron chi connectivity index (χ0n) is 9.98. The summed E-state index contributed by atoms with van der Waals surface area (Å²) in [5.74, 6) is -1.02. The Labute approximate surface area is 117 Å². The van der Waals surface area contributed by atoms with Crippen LogP contribution in [-0.2, 0) is 20.2 Å². The number of alkyl halides is 3. The van der Waals surface area contributed by atoms with Crippen LogP contribution in [0.3, 0.4) is 0 Å². The van der Waals surface area contributed by atoms with Gasteiger partial charge in [-0.3, -0.25) is 4.72 Å². The lowest BCUT2D eigenvalue weighted by molar-refractivity contribution is -0.121. The highest BCUT2D eigenvalue weighted by atomic mass is 32.2. The molecule has 0 heterocycles. The van der Waals surface area contributed by atoms with Crippen molar-refractivity contribution in [3.05, 3.63) is 24.0 Å². The second kappa shape index (κ2) is 5.75. The van der Waals surface area contributed by atoms with E-state index >= 15 is 0 Å². The number of benzene rings is 1. The lowest BCUT2D eigenvalue weighted by Crippen LogP contribution is -2.37. The van der Waals surface area contributed by atoms with E-state index in [-0.39, 0.29) is 0 Å². The molecule has 0 atom stereocenters. The van der Waals surface area contributed by atoms with E-state index in [2.05, 4.69) is 0 Å². The van der Waals surface area contributed by atoms with Crippen LogP contribution in [-0.4, -0.2) is 29.6 Å². The number of nitrogens with one attached hydrogen (secondary N) is 2. The van der Waals surface area contributed by atoms with E-state index in [1.165, 1.54) is 4.72 Å². The zero-order chi connectivity index (χ0) is 16.5. The predicted molar refractivity (Wildman–Crippen MR) is 64.4 cm³/mol. The number of primary sulfonamides is 1. The SMILES string of the molecule is NS(=O)(=O)c1ccc(F)cc1NS(=O)(=O)NCC(F)(F)F. The van der Waals surface area contributed by atoms with Crippen LogP contribution in [0, 0.1) is 5.82 Å². The van der Waals surface area contributed by atoms with Crippen LogP contribution < -0.4 is 14.6 Å². The van der Waals surface area contributed by atoms with E-state index in [1.807, 2.05) is 0 Å². The van der Waals surface area contributed by atoms with Crippen LogP contribution in [0.1, 0.15) is 0 Å². The fourth-order valence-corrected chi connectivity index (χ4v) is 2.81. The minimum Gasteiger partial charge on any atom is -0.270 e. The van der Waals surface area contributed by atoms with E-state index in [9.17, 15) is 34.4 Å². The molecule has 1 rings (SSSR count). The van der Waals surface area contributed by atoms with E-state index in [1.54, 1.807) is 0 Å². The van der Waals surface area contributed by atoms with Crippen LogP contribution in [0.25, 0.3) is 0 Å². The molecule has 0 aromatic heterocycles. The summed E-state index contributed by atoms with van der Waals surface area (Å²) in [5, 5.41) is 4.78. The van der Waals surface area contributed by atoms with Gasteiger partial charge in [-0.2, -0.15) is 26.3 Å². The van der Waals surface area contributed by atoms with Gasteiger partial charge in [-0.25, -0.2) is 17.9 Å². The Bertz CT molecular complexity index is 730. The second-order valence-electron chi connectivity index (χ2n) is 3.73. The Morgan fingerprint density at radius 2 is 1.71 bits per heavy atom. The monoisotopic (exact) mass is 351 g/mol. The molecule has 0 amide bonds. The van der Waals surface area contributed by atoms with E-state index < -0.39 is 49.4 Å². The summed E-state index contributed by atoms with van der Waals surface area (Å²) in [6.45, 7) is -1.89. The molecule has 4 N–H and O–H groups in total. The third-order valence-electron chi connectivity index (χ3n) is 1.96. The lowest BCUT2D eigenvalue weighted by atomic mass is 10.3. The Morgan fingerprint density at radius 3 is 2.19 bits per heavy atom. The summed E-state index contributed by atoms with van der Waals surface area (Å²) >= 11 is 0. The van der Waals surface area contributed by atoms with Crippen LogP contribution >= 0.6 is 0 Å². The Kier molecular flexibility index (Phi) is 4.82. The molecule has 0 saturated heterocycles. The summed E-state index contributed by atoms with van der Waals surface area (Å²) in [5.41, 5.74) is -0.813. The molecule has 21 heavy (non-hydrogen) atoms. The largest absolute Gasteiger partial charge is 0.402 e. The van der Waals surface area contributed by atoms with Crippen LogP contribution in [0.4, 0.5) is 23.2 Å². The number of anilines is 1. The highest BCUT2D eigenvalue weighted by Crippen LogP contribution is 2.22. The lowest BCUT2D eigenvalue weighted by Gasteiger charge is -2.13. The zero-order valence-corrected chi connectivity index (χ0v) is 11.6. The van der Waals surface area contributed by atoms with Crippen LogP contribution in [0.5, 0.6) is 0 Å². The van der Waals surface area contributed by atoms with Gasteiger partial charge in [0.2, 0.25) is 10.0 Å². The molecule has 13 heteroatoms. The van der Waals surface area contributed by atoms with Crippen molar-refractivity contribution in [2.45, 2.75) is 11.1 Å². The smallest absolute Gasteiger partial charge is 0.270 e. The van der Waals surface area contributed by atoms with Crippen molar-refractivity contribution < 1.29 is 34.4 Å². The van der Waals surface area contributed by atoms with Gasteiger partial charge in [-0.05, 0) is 18.2 Å². The van der Waals surface area contributed by atoms with Crippen molar-refractivity contribution in [3.63, 3.8) is 0 Å². The first-order valence-corrected chi connectivity index (χ1v) is 8.00. The summed E-state index contributed by atoms with van der Waals surface area (Å²) in [6.07, 6.45) is -4.82. The molecule has 1 aromatic rings. The molecule has 0 aliphatic carbocycles. The molecular formula is C8H9F4N3O4S2. The summed E-state index contributed by atoms with van der Waals surface area (Å²) in [7, 11) is -9.18. The van der Waals surface area contributed by atoms with Crippen molar-refractivity contribution in [2.75, 3.05) is 11.3 Å². The van der Waals surface area contributed by atoms with Gasteiger partial charge in [0.1, 0.15) is 17.3 Å². The first kappa shape index (κ1) is 17.6. The maximum Gasteiger partial charge on any atom is 0.402 e. The number of nitrogens with two attached hydrogens (primary N) is 1. The third kappa shape index (κ3) is 5.82. The third-order valence-corrected chi connectivity index (χ3v) is 3.94. The van der Waals surface area contributed by atoms with E-state index in [0.717, 1.165) is 4.72 Å². The minimum atomic E-state index is -4.82. The molecule has 0 fully saturated rings. The van der Waals surface area contributed by atoms with Gasteiger partial charge in [0.05, 0.1) is 5.69 Å². The Balaban J connectivity index is 3.10. The number of rotatable bonds is 5. The highest BCUT2D eigenvalue weighted by Gasteiger charge is 2.30. The molecule has 0 spiro atoms. The Hall–Kier alpha value is -1.44. The van der Waals surface area contributed by atoms with Crippen molar-refractivity contribution in [2.24, 2.45) is 5.14 Å². The highest BCUT2D eigenvalue weighted by molar-refractivity contribution is 7.91. The first-order chi connectivity index (χ1) is 9.30. The quantitative estimate of drug-likeness (QED) is 0.660. The van der Waals surface area contributed by atoms with Crippen molar-refractivity contribution in [3.8, 4) is 0 Å². The molecule has 0 aliphatic heterocycles. The molecule has 120 valence electrons. The van der Waals surface area contributed by atoms with Gasteiger partial charge in [0.15, 0.2) is 0 Å². The number of hydrogen-bond donors (Lipinski definition) is 3. The fraction of sp³-hybridized carbons (Fsp3) is 0.250. The molecule has 0 unspecified atom stereocenters. The standard InChI is InChI=1S/C8H9F4N3O4S2/c9-5-1-2-7(20(13,16)17)6(3-5)15-21(18,19)14-4-8(10,11)12/h1-3,14-15H,4H2,(H2,13,16,17). The summed E-state index contributed by atoms with van der Waals surface area (Å²) < 4.78 is 96.5. The van der Waals surface area contributed by atoms with Crippen molar-refractivity contribution in [1.29, 1.82) is 0 Å². The minimum absolute atomic E-state index is 0.465. The van der Waals surface area contributed by atoms with E-state index in [4.69, 9.17) is 5.14 Å². The van der Waals surface area contributed by atoms with Gasteiger partial charge in [0.25, 0.3) is 10.2 Å². The summed E-state index contributed by atoms with van der Waals surface area (Å²) in [6, 6.07) is 1.83. The number of halogens is 4. The molecule has 0 saturated carbocycles. The van der Waals surface area contributed by atoms with Gasteiger partial charge >= 0.3 is 6.18 Å². The molecule has 7 nitrogen and oxygen atoms in total. The van der Waals surface area contributed by atoms with E-state index in [0.29, 0.717) is 18.2 Å². The van der Waals surface area contributed by atoms with Gasteiger partial charge in [-0.15, -0.1) is 0 Å². The van der Waals surface area contributed by atoms with Crippen molar-refractivity contribution in [1.82, 2.24) is 4.72 Å². The van der Waals surface area contributed by atoms with Crippen LogP contribution in [0.15, 0.2) is 23.1 Å². The maximum atomic E-state index is 13.0. The molecule has 1 aromatic carbocycles. The first-order valence-electron chi connectivity index (χ1n) is 4.97. The molecule has 0 bridgehead atoms. The average molecular weight is 351 g/mol. The maximum absolute atomic E-state index is 13.0. The van der Waals surface area contributed by atoms with Crippen molar-refractivity contribution >= 4 is 25.9 Å². The molecule has 0 aliphatic rings.